The van der Waals surface area contributed by atoms with E-state index in [0.29, 0.717) is 35.2 Å². The number of Topliss-reactive ketones (excluding diaryl/α,β-unsaturated/α-hetero) is 3. The van der Waals surface area contributed by atoms with Crippen molar-refractivity contribution >= 4 is 34.8 Å². The molecule has 1 aliphatic rings. The molecule has 0 aliphatic heterocycles. The van der Waals surface area contributed by atoms with Crippen molar-refractivity contribution in [3.05, 3.63) is 71.8 Å². The number of aromatic hydroxyl groups is 1. The molecule has 2 amide bonds. The van der Waals surface area contributed by atoms with E-state index in [4.69, 9.17) is 0 Å². The number of aliphatic hydroxyl groups is 2. The molecule has 0 radical (unpaired) electrons. The Balaban J connectivity index is 1.48. The smallest absolute Gasteiger partial charge is 0.507 e. The number of carbonyl (C=O) groups excluding carboxylic acids is 4. The van der Waals surface area contributed by atoms with E-state index in [0.717, 1.165) is 12.1 Å². The van der Waals surface area contributed by atoms with Crippen molar-refractivity contribution in [2.24, 2.45) is 17.8 Å². The van der Waals surface area contributed by atoms with E-state index in [1.54, 1.807) is 30.3 Å². The van der Waals surface area contributed by atoms with Crippen molar-refractivity contribution in [3.8, 4) is 22.6 Å². The lowest BCUT2D eigenvalue weighted by atomic mass is 9.72. The van der Waals surface area contributed by atoms with Crippen LogP contribution in [0.4, 0.5) is 29.3 Å². The summed E-state index contributed by atoms with van der Waals surface area (Å²) in [5.74, 6) is -3.17. The fraction of sp³-hybridized carbons (Fsp3) is 0.353. The van der Waals surface area contributed by atoms with Crippen molar-refractivity contribution in [3.63, 3.8) is 0 Å². The Hall–Kier alpha value is -4.75. The zero-order valence-corrected chi connectivity index (χ0v) is 25.5. The van der Waals surface area contributed by atoms with Gasteiger partial charge in [0.05, 0.1) is 18.6 Å². The summed E-state index contributed by atoms with van der Waals surface area (Å²) in [4.78, 5) is 50.0. The summed E-state index contributed by atoms with van der Waals surface area (Å²) < 4.78 is 40.9. The number of urea groups is 1. The lowest BCUT2D eigenvalue weighted by molar-refractivity contribution is -0.274. The van der Waals surface area contributed by atoms with Crippen LogP contribution in [0, 0.1) is 17.8 Å². The number of nitrogens with one attached hydrogen (secondary N) is 2. The Morgan fingerprint density at radius 2 is 1.55 bits per heavy atom. The molecule has 0 saturated heterocycles. The Labute approximate surface area is 268 Å². The highest BCUT2D eigenvalue weighted by Gasteiger charge is 2.35. The number of anilines is 2. The quantitative estimate of drug-likeness (QED) is 0.142. The van der Waals surface area contributed by atoms with Gasteiger partial charge in [-0.3, -0.25) is 14.4 Å². The van der Waals surface area contributed by atoms with Gasteiger partial charge in [-0.15, -0.1) is 13.2 Å². The molecule has 0 bridgehead atoms. The second-order valence-corrected chi connectivity index (χ2v) is 11.6. The van der Waals surface area contributed by atoms with E-state index < -0.39 is 42.4 Å². The Kier molecular flexibility index (Phi) is 11.4. The minimum atomic E-state index is -4.83. The number of fused-ring (bicyclic) bond motifs is 1. The predicted octanol–water partition coefficient (Wildman–Crippen LogP) is 5.89. The molecule has 3 aromatic carbocycles. The summed E-state index contributed by atoms with van der Waals surface area (Å²) in [7, 11) is 0. The van der Waals surface area contributed by atoms with Gasteiger partial charge in [-0.05, 0) is 97.2 Å². The maximum absolute atomic E-state index is 13.3. The number of ether oxygens (including phenoxy) is 1. The summed E-state index contributed by atoms with van der Waals surface area (Å²) in [6.07, 6.45) is -4.13. The molecule has 3 atom stereocenters. The molecule has 0 spiro atoms. The van der Waals surface area contributed by atoms with E-state index in [-0.39, 0.29) is 60.4 Å². The number of halogens is 3. The Bertz CT molecular complexity index is 1610. The number of ketones is 3. The number of amides is 2. The second kappa shape index (κ2) is 15.2. The summed E-state index contributed by atoms with van der Waals surface area (Å²) in [5, 5.41) is 35.4. The summed E-state index contributed by atoms with van der Waals surface area (Å²) in [6, 6.07) is 13.8. The van der Waals surface area contributed by atoms with Crippen molar-refractivity contribution in [1.29, 1.82) is 0 Å². The van der Waals surface area contributed by atoms with Crippen molar-refractivity contribution in [2.45, 2.75) is 45.4 Å². The normalized spacial score (nSPS) is 15.7. The molecule has 10 nitrogen and oxygen atoms in total. The van der Waals surface area contributed by atoms with Crippen LogP contribution in [0.3, 0.4) is 0 Å². The maximum Gasteiger partial charge on any atom is 0.573 e. The molecule has 0 aromatic heterocycles. The van der Waals surface area contributed by atoms with E-state index in [1.165, 1.54) is 25.1 Å². The van der Waals surface area contributed by atoms with Gasteiger partial charge in [0.25, 0.3) is 0 Å². The summed E-state index contributed by atoms with van der Waals surface area (Å²) in [6.45, 7) is 0.569. The first-order valence-corrected chi connectivity index (χ1v) is 14.9. The molecule has 47 heavy (non-hydrogen) atoms. The van der Waals surface area contributed by atoms with Crippen LogP contribution in [0.1, 0.15) is 48.5 Å². The van der Waals surface area contributed by atoms with Crippen LogP contribution in [-0.2, 0) is 16.0 Å². The number of aliphatic hydroxyl groups excluding tert-OH is 2. The first kappa shape index (κ1) is 35.1. The molecular weight excluding hydrogens is 621 g/mol. The standard InChI is InChI=1S/C34H35F3N2O8/c1-19(42)14-30(44)28(18-41)22(12-13-40)15-20-16-27-26(10-11-29(43)32(27)31(45)17-20)21-2-4-23(5-3-21)38-33(46)39-24-6-8-25(9-7-24)47-34(35,36)37/h2-11,20,22,28,40-41,43H,12-18H2,1H3,(H2,38,39,46). The molecule has 3 aromatic rings. The van der Waals surface area contributed by atoms with Crippen molar-refractivity contribution in [1.82, 2.24) is 0 Å². The molecule has 13 heteroatoms. The largest absolute Gasteiger partial charge is 0.573 e. The molecule has 3 unspecified atom stereocenters. The monoisotopic (exact) mass is 656 g/mol. The van der Waals surface area contributed by atoms with Gasteiger partial charge in [0, 0.05) is 30.3 Å². The Morgan fingerprint density at radius 3 is 2.11 bits per heavy atom. The molecule has 0 saturated carbocycles. The van der Waals surface area contributed by atoms with Crippen LogP contribution in [0.5, 0.6) is 11.5 Å². The van der Waals surface area contributed by atoms with Gasteiger partial charge in [0.15, 0.2) is 5.78 Å². The number of benzene rings is 3. The highest BCUT2D eigenvalue weighted by atomic mass is 19.4. The SMILES string of the molecule is CC(=O)CC(=O)C(CO)C(CCO)CC1CC(=O)c2c(O)ccc(-c3ccc(NC(=O)Nc4ccc(OC(F)(F)F)cc4)cc3)c2C1. The van der Waals surface area contributed by atoms with Crippen LogP contribution in [0.2, 0.25) is 0 Å². The molecule has 250 valence electrons. The third-order valence-electron chi connectivity index (χ3n) is 8.07. The van der Waals surface area contributed by atoms with Crippen LogP contribution in [0.25, 0.3) is 11.1 Å². The number of alkyl halides is 3. The van der Waals surface area contributed by atoms with E-state index in [2.05, 4.69) is 15.4 Å². The van der Waals surface area contributed by atoms with Gasteiger partial charge in [-0.25, -0.2) is 4.79 Å². The van der Waals surface area contributed by atoms with Gasteiger partial charge >= 0.3 is 12.4 Å². The number of phenols is 1. The molecule has 1 aliphatic carbocycles. The van der Waals surface area contributed by atoms with Crippen molar-refractivity contribution < 1.29 is 52.4 Å². The summed E-state index contributed by atoms with van der Waals surface area (Å²) >= 11 is 0. The van der Waals surface area contributed by atoms with Gasteiger partial charge in [0.1, 0.15) is 23.1 Å². The highest BCUT2D eigenvalue weighted by Crippen LogP contribution is 2.41. The minimum absolute atomic E-state index is 0.0983. The number of phenolic OH excluding ortho intramolecular Hbond substituents is 1. The number of hydrogen-bond donors (Lipinski definition) is 5. The lowest BCUT2D eigenvalue weighted by Crippen LogP contribution is -2.32. The lowest BCUT2D eigenvalue weighted by Gasteiger charge is -2.31. The summed E-state index contributed by atoms with van der Waals surface area (Å²) in [5.41, 5.74) is 2.83. The Morgan fingerprint density at radius 1 is 0.936 bits per heavy atom. The third-order valence-corrected chi connectivity index (χ3v) is 8.07. The van der Waals surface area contributed by atoms with E-state index >= 15 is 0 Å². The van der Waals surface area contributed by atoms with E-state index in [9.17, 15) is 47.7 Å². The molecule has 0 heterocycles. The van der Waals surface area contributed by atoms with Gasteiger partial charge in [0.2, 0.25) is 0 Å². The molecular formula is C34H35F3N2O8. The van der Waals surface area contributed by atoms with Crippen LogP contribution < -0.4 is 15.4 Å². The van der Waals surface area contributed by atoms with E-state index in [1.807, 2.05) is 0 Å². The molecule has 4 rings (SSSR count). The van der Waals surface area contributed by atoms with Crippen LogP contribution in [0.15, 0.2) is 60.7 Å². The average molecular weight is 657 g/mol. The molecule has 5 N–H and O–H groups in total. The predicted molar refractivity (Wildman–Crippen MR) is 166 cm³/mol. The fourth-order valence-electron chi connectivity index (χ4n) is 6.05. The highest BCUT2D eigenvalue weighted by molar-refractivity contribution is 6.03. The zero-order chi connectivity index (χ0) is 34.3. The van der Waals surface area contributed by atoms with Crippen molar-refractivity contribution in [2.75, 3.05) is 23.8 Å². The molecule has 0 fully saturated rings. The number of rotatable bonds is 13. The minimum Gasteiger partial charge on any atom is -0.507 e. The topological polar surface area (TPSA) is 162 Å². The van der Waals surface area contributed by atoms with Gasteiger partial charge in [-0.2, -0.15) is 0 Å². The van der Waals surface area contributed by atoms with Gasteiger partial charge < -0.3 is 30.7 Å². The van der Waals surface area contributed by atoms with Crippen LogP contribution in [-0.4, -0.2) is 58.3 Å². The van der Waals surface area contributed by atoms with Gasteiger partial charge in [-0.1, -0.05) is 18.2 Å². The second-order valence-electron chi connectivity index (χ2n) is 11.6. The number of hydrogen-bond acceptors (Lipinski definition) is 8. The first-order chi connectivity index (χ1) is 22.3. The third kappa shape index (κ3) is 9.39. The first-order valence-electron chi connectivity index (χ1n) is 14.9. The zero-order valence-electron chi connectivity index (χ0n) is 25.5. The number of carbonyl (C=O) groups is 4. The van der Waals surface area contributed by atoms with Crippen LogP contribution >= 0.6 is 0 Å². The average Bonchev–Trinajstić information content (AvgIpc) is 2.98. The fourth-order valence-corrected chi connectivity index (χ4v) is 6.05. The maximum atomic E-state index is 13.3.